The van der Waals surface area contributed by atoms with Crippen molar-refractivity contribution >= 4 is 11.5 Å². The van der Waals surface area contributed by atoms with Gasteiger partial charge in [0.25, 0.3) is 0 Å². The molecule has 0 aliphatic rings. The summed E-state index contributed by atoms with van der Waals surface area (Å²) in [5.41, 5.74) is 4.14. The molecule has 0 saturated carbocycles. The Labute approximate surface area is 69.5 Å². The Morgan fingerprint density at radius 2 is 2.40 bits per heavy atom. The van der Waals surface area contributed by atoms with Gasteiger partial charge in [0.1, 0.15) is 0 Å². The molecule has 1 aromatic carbocycles. The molecule has 0 bridgehead atoms. The van der Waals surface area contributed by atoms with Crippen LogP contribution >= 0.6 is 0 Å². The summed E-state index contributed by atoms with van der Waals surface area (Å²) < 4.78 is 50.3. The molecule has 1 aromatic rings. The number of Topliss-reactive ketones (excluding diaryl/α,β-unsaturated/α-hetero) is 1. The first-order chi connectivity index (χ1) is 7.59. The Morgan fingerprint density at radius 3 is 3.10 bits per heavy atom. The molecule has 0 aliphatic heterocycles. The van der Waals surface area contributed by atoms with Gasteiger partial charge >= 0.3 is 0 Å². The number of carbonyl (C=O) groups is 1. The maximum absolute atomic E-state index is 11.5. The summed E-state index contributed by atoms with van der Waals surface area (Å²) >= 11 is 0. The summed E-state index contributed by atoms with van der Waals surface area (Å²) in [6, 6.07) is -2.63. The fraction of sp³-hybridized carbons (Fsp3) is 0.125. The highest BCUT2D eigenvalue weighted by Gasteiger charge is 2.00. The molecule has 2 N–H and O–H groups in total. The van der Waals surface area contributed by atoms with Crippen LogP contribution in [0, 0.1) is 0 Å². The molecule has 2 heteroatoms. The van der Waals surface area contributed by atoms with Crippen LogP contribution < -0.4 is 5.73 Å². The molecule has 1 rings (SSSR count). The Hall–Kier alpha value is -1.31. The number of rotatable bonds is 1. The number of hydrogen-bond donors (Lipinski definition) is 1. The molecule has 0 radical (unpaired) electrons. The minimum atomic E-state index is -2.99. The van der Waals surface area contributed by atoms with Crippen LogP contribution in [0.4, 0.5) is 5.69 Å². The molecule has 0 aromatic heterocycles. The summed E-state index contributed by atoms with van der Waals surface area (Å²) in [6.45, 7) is -2.99. The van der Waals surface area contributed by atoms with E-state index in [4.69, 9.17) is 15.3 Å². The quantitative estimate of drug-likeness (QED) is 0.476. The summed E-state index contributed by atoms with van der Waals surface area (Å²) in [5, 5.41) is 0. The zero-order valence-corrected chi connectivity index (χ0v) is 4.99. The minimum absolute atomic E-state index is 0.544. The van der Waals surface area contributed by atoms with Crippen molar-refractivity contribution in [2.75, 3.05) is 5.73 Å². The maximum atomic E-state index is 11.5. The smallest absolute Gasteiger partial charge is 0.161 e. The molecular formula is C8H9NO. The average Bonchev–Trinajstić information content (AvgIpc) is 2.22. The third kappa shape index (κ3) is 1.16. The second-order valence-corrected chi connectivity index (χ2v) is 1.62. The maximum Gasteiger partial charge on any atom is 0.161 e. The molecule has 10 heavy (non-hydrogen) atoms. The molecule has 0 aliphatic carbocycles. The van der Waals surface area contributed by atoms with Crippen LogP contribution in [-0.4, -0.2) is 5.78 Å². The van der Waals surface area contributed by atoms with Crippen molar-refractivity contribution in [3.63, 3.8) is 0 Å². The first-order valence-corrected chi connectivity index (χ1v) is 2.49. The van der Waals surface area contributed by atoms with Gasteiger partial charge in [0, 0.05) is 15.4 Å². The first-order valence-electron chi connectivity index (χ1n) is 5.99. The van der Waals surface area contributed by atoms with Crippen molar-refractivity contribution in [1.82, 2.24) is 0 Å². The zero-order valence-electron chi connectivity index (χ0n) is 12.0. The van der Waals surface area contributed by atoms with Gasteiger partial charge in [0.2, 0.25) is 0 Å². The van der Waals surface area contributed by atoms with Crippen LogP contribution in [0.5, 0.6) is 0 Å². The monoisotopic (exact) mass is 142 g/mol. The van der Waals surface area contributed by atoms with Gasteiger partial charge in [-0.3, -0.25) is 4.79 Å². The molecule has 0 heterocycles. The van der Waals surface area contributed by atoms with Crippen molar-refractivity contribution in [3.8, 4) is 0 Å². The van der Waals surface area contributed by atoms with Gasteiger partial charge in [0.15, 0.2) is 5.78 Å². The molecule has 2 nitrogen and oxygen atoms in total. The van der Waals surface area contributed by atoms with E-state index in [2.05, 4.69) is 0 Å². The van der Waals surface area contributed by atoms with E-state index >= 15 is 0 Å². The lowest BCUT2D eigenvalue weighted by molar-refractivity contribution is 0.101. The summed E-state index contributed by atoms with van der Waals surface area (Å²) in [7, 11) is 0. The molecule has 0 fully saturated rings. The van der Waals surface area contributed by atoms with Gasteiger partial charge in [0.05, 0.1) is 5.48 Å². The Balaban J connectivity index is 3.62. The van der Waals surface area contributed by atoms with E-state index in [1.165, 1.54) is 0 Å². The molecular weight excluding hydrogens is 126 g/mol. The third-order valence-corrected chi connectivity index (χ3v) is 0.944. The lowest BCUT2D eigenvalue weighted by Crippen LogP contribution is -1.97. The summed E-state index contributed by atoms with van der Waals surface area (Å²) in [4.78, 5) is 11.5. The predicted molar refractivity (Wildman–Crippen MR) is 40.9 cm³/mol. The Morgan fingerprint density at radius 1 is 1.70 bits per heavy atom. The topological polar surface area (TPSA) is 43.1 Å². The van der Waals surface area contributed by atoms with Gasteiger partial charge in [-0.05, 0) is 18.9 Å². The molecule has 0 saturated heterocycles. The Kier molecular flexibility index (Phi) is 0.526. The number of hydrogen-bond acceptors (Lipinski definition) is 2. The molecule has 0 amide bonds. The van der Waals surface area contributed by atoms with E-state index in [0.29, 0.717) is 0 Å². The molecule has 0 atom stereocenters. The van der Waals surface area contributed by atoms with Crippen molar-refractivity contribution in [1.29, 1.82) is 0 Å². The SMILES string of the molecule is [2H]c1c([2H])c([2H])c(C(=O)C([2H])([2H])[2H])c(N)c1[2H]. The van der Waals surface area contributed by atoms with Gasteiger partial charge < -0.3 is 5.73 Å². The lowest BCUT2D eigenvalue weighted by Gasteiger charge is -1.97. The van der Waals surface area contributed by atoms with Crippen LogP contribution in [0.2, 0.25) is 0 Å². The highest BCUT2D eigenvalue weighted by molar-refractivity contribution is 5.98. The standard InChI is InChI=1S/C8H9NO/c1-6(10)7-4-2-3-5-8(7)9/h2-5H,9H2,1H3/i1D3,2D,3D,4D,5D. The average molecular weight is 142 g/mol. The number of anilines is 1. The first kappa shape index (κ1) is 2.09. The van der Waals surface area contributed by atoms with Crippen LogP contribution in [0.1, 0.15) is 26.8 Å². The van der Waals surface area contributed by atoms with Crippen molar-refractivity contribution < 1.29 is 14.4 Å². The highest BCUT2D eigenvalue weighted by atomic mass is 16.1. The van der Waals surface area contributed by atoms with Crippen LogP contribution in [0.3, 0.4) is 0 Å². The summed E-state index contributed by atoms with van der Waals surface area (Å²) in [5.74, 6) is -1.39. The summed E-state index contributed by atoms with van der Waals surface area (Å²) in [6.07, 6.45) is 0. The van der Waals surface area contributed by atoms with Crippen molar-refractivity contribution in [2.24, 2.45) is 0 Å². The second-order valence-electron chi connectivity index (χ2n) is 1.62. The van der Waals surface area contributed by atoms with Gasteiger partial charge in [-0.15, -0.1) is 0 Å². The van der Waals surface area contributed by atoms with Gasteiger partial charge in [-0.25, -0.2) is 0 Å². The van der Waals surface area contributed by atoms with Crippen LogP contribution in [0.25, 0.3) is 0 Å². The highest BCUT2D eigenvalue weighted by Crippen LogP contribution is 2.09. The zero-order chi connectivity index (χ0) is 13.5. The fourth-order valence-corrected chi connectivity index (χ4v) is 0.501. The largest absolute Gasteiger partial charge is 0.398 e. The number of benzene rings is 1. The van der Waals surface area contributed by atoms with Gasteiger partial charge in [-0.1, -0.05) is 12.1 Å². The van der Waals surface area contributed by atoms with Crippen molar-refractivity contribution in [2.45, 2.75) is 6.85 Å². The van der Waals surface area contributed by atoms with E-state index in [9.17, 15) is 4.79 Å². The number of nitrogen functional groups attached to an aromatic ring is 1. The number of para-hydroxylation sites is 1. The number of nitrogens with two attached hydrogens (primary N) is 1. The van der Waals surface area contributed by atoms with E-state index < -0.39 is 48.1 Å². The number of carbonyl (C=O) groups excluding carboxylic acids is 1. The fourth-order valence-electron chi connectivity index (χ4n) is 0.501. The van der Waals surface area contributed by atoms with E-state index in [-0.39, 0.29) is 0 Å². The normalized spacial score (nSPS) is 20.6. The third-order valence-electron chi connectivity index (χ3n) is 0.944. The van der Waals surface area contributed by atoms with E-state index in [1.54, 1.807) is 0 Å². The van der Waals surface area contributed by atoms with E-state index in [0.717, 1.165) is 0 Å². The van der Waals surface area contributed by atoms with Crippen LogP contribution in [0.15, 0.2) is 24.2 Å². The molecule has 0 spiro atoms. The predicted octanol–water partition coefficient (Wildman–Crippen LogP) is 1.47. The molecule has 52 valence electrons. The lowest BCUT2D eigenvalue weighted by atomic mass is 10.1. The minimum Gasteiger partial charge on any atom is -0.398 e. The van der Waals surface area contributed by atoms with Crippen LogP contribution in [-0.2, 0) is 0 Å². The van der Waals surface area contributed by atoms with E-state index in [1.807, 2.05) is 0 Å². The van der Waals surface area contributed by atoms with Crippen molar-refractivity contribution in [3.05, 3.63) is 29.7 Å². The van der Waals surface area contributed by atoms with Gasteiger partial charge in [-0.2, -0.15) is 0 Å². The molecule has 0 unspecified atom stereocenters. The second kappa shape index (κ2) is 2.52. The Bertz CT molecular complexity index is 465. The number of ketones is 1.